The van der Waals surface area contributed by atoms with Gasteiger partial charge < -0.3 is 19.8 Å². The predicted molar refractivity (Wildman–Crippen MR) is 29.1 cm³/mol. The molecule has 0 unspecified atom stereocenters. The Morgan fingerprint density at radius 2 is 1.56 bits per heavy atom. The summed E-state index contributed by atoms with van der Waals surface area (Å²) in [5, 5.41) is 9.33. The molecule has 0 spiro atoms. The van der Waals surface area contributed by atoms with Gasteiger partial charge >= 0.3 is 7.82 Å². The fourth-order valence-corrected chi connectivity index (χ4v) is 0. The molecular formula is C3H8O5P-. The molecule has 9 heavy (non-hydrogen) atoms. The maximum atomic E-state index is 9.33. The van der Waals surface area contributed by atoms with E-state index in [0.29, 0.717) is 0 Å². The molecule has 0 fully saturated rings. The van der Waals surface area contributed by atoms with Crippen LogP contribution in [0.25, 0.3) is 0 Å². The highest BCUT2D eigenvalue weighted by molar-refractivity contribution is 7.45. The molecule has 5 nitrogen and oxygen atoms in total. The highest BCUT2D eigenvalue weighted by atomic mass is 31.2. The van der Waals surface area contributed by atoms with Gasteiger partial charge in [0.1, 0.15) is 0 Å². The summed E-state index contributed by atoms with van der Waals surface area (Å²) in [4.78, 5) is 21.6. The monoisotopic (exact) mass is 155 g/mol. The van der Waals surface area contributed by atoms with Crippen LogP contribution in [-0.4, -0.2) is 14.7 Å². The molecule has 0 saturated heterocycles. The minimum Gasteiger partial charge on any atom is -0.876 e. The lowest BCUT2D eigenvalue weighted by Crippen LogP contribution is -1.92. The van der Waals surface area contributed by atoms with Crippen LogP contribution in [0.1, 0.15) is 6.92 Å². The molecule has 0 atom stereocenters. The molecule has 0 rings (SSSR count). The Hall–Kier alpha value is -0.350. The summed E-state index contributed by atoms with van der Waals surface area (Å²) >= 11 is 0. The summed E-state index contributed by atoms with van der Waals surface area (Å²) in [5.74, 6) is -0.0833. The predicted octanol–water partition coefficient (Wildman–Crippen LogP) is -1.05. The number of rotatable bonds is 0. The molecular weight excluding hydrogens is 147 g/mol. The first kappa shape index (κ1) is 11.4. The van der Waals surface area contributed by atoms with Gasteiger partial charge in [0, 0.05) is 0 Å². The zero-order valence-corrected chi connectivity index (χ0v) is 5.71. The first-order valence-electron chi connectivity index (χ1n) is 1.84. The number of phosphoric acid groups is 1. The number of hydrogen-bond donors (Lipinski definition) is 3. The molecule has 0 aliphatic heterocycles. The van der Waals surface area contributed by atoms with E-state index in [1.165, 1.54) is 6.92 Å². The van der Waals surface area contributed by atoms with Crippen LogP contribution in [0, 0.1) is 0 Å². The number of allylic oxidation sites excluding steroid dienone is 1. The smallest absolute Gasteiger partial charge is 0.466 e. The Balaban J connectivity index is 0. The standard InChI is InChI=1S/C3H6O.H3O4P/c1-3(2)4;1-5(2,3)4/h4H,1H2,2H3;(H3,1,2,3,4)/p-1. The second-order valence-corrected chi connectivity index (χ2v) is 2.24. The second kappa shape index (κ2) is 4.52. The molecule has 0 amide bonds. The number of hydrogen-bond acceptors (Lipinski definition) is 2. The van der Waals surface area contributed by atoms with Gasteiger partial charge in [-0.05, 0) is 0 Å². The topological polar surface area (TPSA) is 101 Å². The molecule has 0 heterocycles. The Labute approximate surface area is 52.5 Å². The lowest BCUT2D eigenvalue weighted by molar-refractivity contribution is -0.300. The van der Waals surface area contributed by atoms with Crippen LogP contribution in [0.4, 0.5) is 0 Å². The highest BCUT2D eigenvalue weighted by Crippen LogP contribution is 2.25. The van der Waals surface area contributed by atoms with Gasteiger partial charge in [-0.2, -0.15) is 0 Å². The molecule has 0 aliphatic carbocycles. The van der Waals surface area contributed by atoms with Crippen molar-refractivity contribution in [3.05, 3.63) is 12.3 Å². The lowest BCUT2D eigenvalue weighted by Gasteiger charge is -1.92. The third-order valence-electron chi connectivity index (χ3n) is 0. The van der Waals surface area contributed by atoms with Crippen LogP contribution in [0.15, 0.2) is 12.3 Å². The van der Waals surface area contributed by atoms with Gasteiger partial charge in [0.15, 0.2) is 0 Å². The third-order valence-corrected chi connectivity index (χ3v) is 0. The van der Waals surface area contributed by atoms with E-state index in [-0.39, 0.29) is 5.76 Å². The molecule has 0 aromatic carbocycles. The van der Waals surface area contributed by atoms with Crippen LogP contribution in [-0.2, 0) is 4.57 Å². The fraction of sp³-hybridized carbons (Fsp3) is 0.333. The van der Waals surface area contributed by atoms with Crippen LogP contribution in [0.2, 0.25) is 0 Å². The van der Waals surface area contributed by atoms with E-state index in [1.807, 2.05) is 0 Å². The van der Waals surface area contributed by atoms with Crippen LogP contribution in [0.3, 0.4) is 0 Å². The van der Waals surface area contributed by atoms with E-state index in [2.05, 4.69) is 6.58 Å². The average Bonchev–Trinajstić information content (AvgIpc) is 1.19. The zero-order valence-electron chi connectivity index (χ0n) is 4.81. The van der Waals surface area contributed by atoms with Crippen molar-refractivity contribution < 1.29 is 24.4 Å². The van der Waals surface area contributed by atoms with Crippen molar-refractivity contribution in [1.82, 2.24) is 0 Å². The Bertz CT molecular complexity index is 112. The van der Waals surface area contributed by atoms with Crippen LogP contribution >= 0.6 is 7.82 Å². The summed E-state index contributed by atoms with van der Waals surface area (Å²) < 4.78 is 8.88. The molecule has 0 aromatic heterocycles. The van der Waals surface area contributed by atoms with Crippen molar-refractivity contribution in [1.29, 1.82) is 0 Å². The van der Waals surface area contributed by atoms with Crippen molar-refractivity contribution in [3.63, 3.8) is 0 Å². The van der Waals surface area contributed by atoms with Crippen molar-refractivity contribution in [3.8, 4) is 0 Å². The fourth-order valence-electron chi connectivity index (χ4n) is 0. The molecule has 56 valence electrons. The van der Waals surface area contributed by atoms with Crippen molar-refractivity contribution in [2.24, 2.45) is 0 Å². The van der Waals surface area contributed by atoms with Gasteiger partial charge in [0.2, 0.25) is 0 Å². The first-order chi connectivity index (χ1) is 3.73. The third kappa shape index (κ3) is 1990. The van der Waals surface area contributed by atoms with Crippen molar-refractivity contribution in [2.45, 2.75) is 6.92 Å². The summed E-state index contributed by atoms with van der Waals surface area (Å²) in [6, 6.07) is 0. The summed E-state index contributed by atoms with van der Waals surface area (Å²) in [5.41, 5.74) is 0. The molecule has 0 radical (unpaired) electrons. The van der Waals surface area contributed by atoms with Gasteiger partial charge in [-0.15, -0.1) is 12.3 Å². The molecule has 0 aliphatic rings. The van der Waals surface area contributed by atoms with Crippen LogP contribution < -0.4 is 5.11 Å². The van der Waals surface area contributed by atoms with Gasteiger partial charge in [-0.3, -0.25) is 0 Å². The Kier molecular flexibility index (Phi) is 5.75. The normalized spacial score (nSPS) is 9.33. The molecule has 6 heteroatoms. The zero-order chi connectivity index (χ0) is 8.08. The summed E-state index contributed by atoms with van der Waals surface area (Å²) in [6.07, 6.45) is 0. The van der Waals surface area contributed by atoms with E-state index < -0.39 is 7.82 Å². The molecule has 0 aromatic rings. The maximum Gasteiger partial charge on any atom is 0.466 e. The van der Waals surface area contributed by atoms with Gasteiger partial charge in [-0.1, -0.05) is 6.92 Å². The Morgan fingerprint density at radius 1 is 1.56 bits per heavy atom. The second-order valence-electron chi connectivity index (χ2n) is 1.22. The van der Waals surface area contributed by atoms with Crippen LogP contribution in [0.5, 0.6) is 0 Å². The quantitative estimate of drug-likeness (QED) is 0.306. The summed E-state index contributed by atoms with van der Waals surface area (Å²) in [7, 11) is -4.64. The summed E-state index contributed by atoms with van der Waals surface area (Å²) in [6.45, 7) is 4.42. The highest BCUT2D eigenvalue weighted by Gasteiger charge is 2.00. The van der Waals surface area contributed by atoms with Crippen molar-refractivity contribution in [2.75, 3.05) is 0 Å². The van der Waals surface area contributed by atoms with E-state index in [9.17, 15) is 5.11 Å². The SMILES string of the molecule is C=C(C)[O-].O=P(O)(O)O. The van der Waals surface area contributed by atoms with E-state index >= 15 is 0 Å². The molecule has 0 bridgehead atoms. The minimum atomic E-state index is -4.64. The Morgan fingerprint density at radius 3 is 1.56 bits per heavy atom. The lowest BCUT2D eigenvalue weighted by atomic mass is 10.7. The van der Waals surface area contributed by atoms with Gasteiger partial charge in [0.25, 0.3) is 0 Å². The first-order valence-corrected chi connectivity index (χ1v) is 3.41. The van der Waals surface area contributed by atoms with E-state index in [1.54, 1.807) is 0 Å². The van der Waals surface area contributed by atoms with Crippen molar-refractivity contribution >= 4 is 7.82 Å². The van der Waals surface area contributed by atoms with E-state index in [4.69, 9.17) is 19.2 Å². The van der Waals surface area contributed by atoms with Gasteiger partial charge in [0.05, 0.1) is 0 Å². The van der Waals surface area contributed by atoms with Gasteiger partial charge in [-0.25, -0.2) is 4.57 Å². The van der Waals surface area contributed by atoms with E-state index in [0.717, 1.165) is 0 Å². The largest absolute Gasteiger partial charge is 0.876 e. The molecule has 3 N–H and O–H groups in total. The average molecular weight is 155 g/mol. The molecule has 0 saturated carbocycles. The minimum absolute atomic E-state index is 0.0833. The maximum absolute atomic E-state index is 9.33.